The van der Waals surface area contributed by atoms with Gasteiger partial charge in [-0.15, -0.1) is 0 Å². The van der Waals surface area contributed by atoms with E-state index >= 15 is 0 Å². The molecule has 0 aliphatic carbocycles. The van der Waals surface area contributed by atoms with Gasteiger partial charge in [0.1, 0.15) is 11.5 Å². The van der Waals surface area contributed by atoms with Crippen LogP contribution in [0.15, 0.2) is 71.8 Å². The fourth-order valence-electron chi connectivity index (χ4n) is 2.57. The minimum Gasteiger partial charge on any atom is -0.484 e. The molecule has 0 bridgehead atoms. The molecule has 0 saturated carbocycles. The summed E-state index contributed by atoms with van der Waals surface area (Å²) in [6, 6.07) is 18.8. The molecule has 1 N–H and O–H groups in total. The molecule has 0 unspecified atom stereocenters. The number of rotatable bonds is 7. The number of aryl methyl sites for hydroxylation is 2. The fourth-order valence-corrected chi connectivity index (χ4v) is 2.70. The summed E-state index contributed by atoms with van der Waals surface area (Å²) >= 11 is 5.83. The number of halogens is 1. The van der Waals surface area contributed by atoms with Gasteiger partial charge in [-0.3, -0.25) is 4.79 Å². The zero-order chi connectivity index (χ0) is 22.2. The van der Waals surface area contributed by atoms with Crippen molar-refractivity contribution in [3.8, 4) is 11.5 Å². The summed E-state index contributed by atoms with van der Waals surface area (Å²) in [7, 11) is 0. The van der Waals surface area contributed by atoms with Crippen LogP contribution in [0.4, 0.5) is 0 Å². The Morgan fingerprint density at radius 1 is 0.968 bits per heavy atom. The number of hydrogen-bond donors (Lipinski definition) is 1. The second kappa shape index (κ2) is 10.4. The molecule has 0 aliphatic heterocycles. The second-order valence-electron chi connectivity index (χ2n) is 6.80. The third-order valence-electron chi connectivity index (χ3n) is 4.40. The zero-order valence-corrected chi connectivity index (χ0v) is 17.8. The SMILES string of the molecule is Cc1ccc(OCC(=O)N/N=C\c2cccc(OC(=O)c3ccc(Cl)cc3)c2)cc1C. The number of nitrogens with zero attached hydrogens (tertiary/aromatic N) is 1. The van der Waals surface area contributed by atoms with Crippen molar-refractivity contribution in [1.82, 2.24) is 5.43 Å². The molecule has 3 aromatic carbocycles. The Balaban J connectivity index is 1.51. The number of amides is 1. The summed E-state index contributed by atoms with van der Waals surface area (Å²) in [5.41, 5.74) is 5.69. The zero-order valence-electron chi connectivity index (χ0n) is 17.1. The lowest BCUT2D eigenvalue weighted by Crippen LogP contribution is -2.24. The van der Waals surface area contributed by atoms with Gasteiger partial charge in [-0.25, -0.2) is 10.2 Å². The summed E-state index contributed by atoms with van der Waals surface area (Å²) in [6.07, 6.45) is 1.45. The van der Waals surface area contributed by atoms with E-state index in [-0.39, 0.29) is 12.5 Å². The molecule has 3 rings (SSSR count). The van der Waals surface area contributed by atoms with Crippen LogP contribution in [0.5, 0.6) is 11.5 Å². The Hall–Kier alpha value is -3.64. The van der Waals surface area contributed by atoms with Gasteiger partial charge in [-0.05, 0) is 79.1 Å². The highest BCUT2D eigenvalue weighted by Crippen LogP contribution is 2.17. The van der Waals surface area contributed by atoms with Crippen LogP contribution in [0.3, 0.4) is 0 Å². The smallest absolute Gasteiger partial charge is 0.343 e. The lowest BCUT2D eigenvalue weighted by Gasteiger charge is -2.07. The highest BCUT2D eigenvalue weighted by Gasteiger charge is 2.08. The van der Waals surface area contributed by atoms with E-state index in [1.807, 2.05) is 32.0 Å². The van der Waals surface area contributed by atoms with E-state index < -0.39 is 5.97 Å². The van der Waals surface area contributed by atoms with E-state index in [1.54, 1.807) is 48.5 Å². The Kier molecular flexibility index (Phi) is 7.40. The maximum absolute atomic E-state index is 12.2. The fraction of sp³-hybridized carbons (Fsp3) is 0.125. The number of carbonyl (C=O) groups excluding carboxylic acids is 2. The van der Waals surface area contributed by atoms with Crippen molar-refractivity contribution in [3.63, 3.8) is 0 Å². The molecule has 0 atom stereocenters. The molecule has 3 aromatic rings. The summed E-state index contributed by atoms with van der Waals surface area (Å²) in [6.45, 7) is 3.83. The van der Waals surface area contributed by atoms with Gasteiger partial charge in [0.2, 0.25) is 0 Å². The first kappa shape index (κ1) is 22.1. The van der Waals surface area contributed by atoms with Crippen LogP contribution < -0.4 is 14.9 Å². The van der Waals surface area contributed by atoms with E-state index in [1.165, 1.54) is 6.21 Å². The molecule has 0 aliphatic rings. The van der Waals surface area contributed by atoms with Crippen molar-refractivity contribution in [2.45, 2.75) is 13.8 Å². The van der Waals surface area contributed by atoms with Gasteiger partial charge in [0, 0.05) is 5.02 Å². The van der Waals surface area contributed by atoms with Gasteiger partial charge in [-0.2, -0.15) is 5.10 Å². The number of benzene rings is 3. The molecule has 0 spiro atoms. The van der Waals surface area contributed by atoms with Crippen LogP contribution in [-0.4, -0.2) is 24.7 Å². The van der Waals surface area contributed by atoms with Crippen molar-refractivity contribution in [2.24, 2.45) is 5.10 Å². The largest absolute Gasteiger partial charge is 0.484 e. The van der Waals surface area contributed by atoms with Gasteiger partial charge in [0.05, 0.1) is 11.8 Å². The number of hydrazone groups is 1. The van der Waals surface area contributed by atoms with Crippen molar-refractivity contribution < 1.29 is 19.1 Å². The Morgan fingerprint density at radius 2 is 1.74 bits per heavy atom. The van der Waals surface area contributed by atoms with E-state index in [0.29, 0.717) is 27.6 Å². The molecule has 0 radical (unpaired) electrons. The molecule has 31 heavy (non-hydrogen) atoms. The van der Waals surface area contributed by atoms with Gasteiger partial charge in [-0.1, -0.05) is 29.8 Å². The first-order chi connectivity index (χ1) is 14.9. The molecular formula is C24H21ClN2O4. The number of nitrogens with one attached hydrogen (secondary N) is 1. The predicted molar refractivity (Wildman–Crippen MR) is 120 cm³/mol. The van der Waals surface area contributed by atoms with E-state index in [9.17, 15) is 9.59 Å². The summed E-state index contributed by atoms with van der Waals surface area (Å²) in [4.78, 5) is 24.1. The third kappa shape index (κ3) is 6.69. The Bertz CT molecular complexity index is 1110. The van der Waals surface area contributed by atoms with Crippen LogP contribution in [0.1, 0.15) is 27.0 Å². The van der Waals surface area contributed by atoms with Crippen LogP contribution >= 0.6 is 11.6 Å². The van der Waals surface area contributed by atoms with Crippen LogP contribution in [-0.2, 0) is 4.79 Å². The van der Waals surface area contributed by atoms with Crippen LogP contribution in [0, 0.1) is 13.8 Å². The maximum atomic E-state index is 12.2. The lowest BCUT2D eigenvalue weighted by atomic mass is 10.1. The Morgan fingerprint density at radius 3 is 2.48 bits per heavy atom. The molecule has 7 heteroatoms. The van der Waals surface area contributed by atoms with Crippen molar-refractivity contribution in [2.75, 3.05) is 6.61 Å². The van der Waals surface area contributed by atoms with Crippen molar-refractivity contribution in [3.05, 3.63) is 94.0 Å². The topological polar surface area (TPSA) is 77.0 Å². The van der Waals surface area contributed by atoms with Crippen LogP contribution in [0.2, 0.25) is 5.02 Å². The third-order valence-corrected chi connectivity index (χ3v) is 4.65. The average molecular weight is 437 g/mol. The molecule has 0 fully saturated rings. The number of carbonyl (C=O) groups is 2. The standard InChI is InChI=1S/C24H21ClN2O4/c1-16-6-11-21(12-17(16)2)30-15-23(28)27-26-14-18-4-3-5-22(13-18)31-24(29)19-7-9-20(25)10-8-19/h3-14H,15H2,1-2H3,(H,27,28)/b26-14-. The molecule has 0 saturated heterocycles. The van der Waals surface area contributed by atoms with E-state index in [0.717, 1.165) is 11.1 Å². The minimum absolute atomic E-state index is 0.154. The molecule has 1 amide bonds. The summed E-state index contributed by atoms with van der Waals surface area (Å²) in [5, 5.41) is 4.45. The molecule has 0 aromatic heterocycles. The molecular weight excluding hydrogens is 416 g/mol. The number of hydrogen-bond acceptors (Lipinski definition) is 5. The van der Waals surface area contributed by atoms with Gasteiger partial charge < -0.3 is 9.47 Å². The molecule has 6 nitrogen and oxygen atoms in total. The number of esters is 1. The van der Waals surface area contributed by atoms with Crippen molar-refractivity contribution >= 4 is 29.7 Å². The highest BCUT2D eigenvalue weighted by atomic mass is 35.5. The van der Waals surface area contributed by atoms with Gasteiger partial charge in [0.25, 0.3) is 5.91 Å². The highest BCUT2D eigenvalue weighted by molar-refractivity contribution is 6.30. The minimum atomic E-state index is -0.498. The molecule has 158 valence electrons. The summed E-state index contributed by atoms with van der Waals surface area (Å²) in [5.74, 6) is 0.0908. The number of ether oxygens (including phenoxy) is 2. The van der Waals surface area contributed by atoms with E-state index in [4.69, 9.17) is 21.1 Å². The lowest BCUT2D eigenvalue weighted by molar-refractivity contribution is -0.123. The first-order valence-electron chi connectivity index (χ1n) is 9.50. The first-order valence-corrected chi connectivity index (χ1v) is 9.88. The van der Waals surface area contributed by atoms with Crippen molar-refractivity contribution in [1.29, 1.82) is 0 Å². The quantitative estimate of drug-likeness (QED) is 0.252. The second-order valence-corrected chi connectivity index (χ2v) is 7.23. The van der Waals surface area contributed by atoms with Gasteiger partial charge in [0.15, 0.2) is 6.61 Å². The normalized spacial score (nSPS) is 10.7. The Labute approximate surface area is 185 Å². The molecule has 0 heterocycles. The predicted octanol–water partition coefficient (Wildman–Crippen LogP) is 4.71. The average Bonchev–Trinajstić information content (AvgIpc) is 2.75. The van der Waals surface area contributed by atoms with Gasteiger partial charge >= 0.3 is 5.97 Å². The van der Waals surface area contributed by atoms with E-state index in [2.05, 4.69) is 10.5 Å². The summed E-state index contributed by atoms with van der Waals surface area (Å²) < 4.78 is 10.8. The monoisotopic (exact) mass is 436 g/mol. The van der Waals surface area contributed by atoms with Crippen LogP contribution in [0.25, 0.3) is 0 Å². The maximum Gasteiger partial charge on any atom is 0.343 e.